The Morgan fingerprint density at radius 3 is 1.92 bits per heavy atom. The highest BCUT2D eigenvalue weighted by Crippen LogP contribution is 2.34. The second-order valence-electron chi connectivity index (χ2n) is 8.89. The normalized spacial score (nSPS) is 11.6. The fourth-order valence-electron chi connectivity index (χ4n) is 4.42. The zero-order chi connectivity index (χ0) is 25.2. The van der Waals surface area contributed by atoms with E-state index >= 15 is 0 Å². The summed E-state index contributed by atoms with van der Waals surface area (Å²) in [7, 11) is 2.11. The zero-order valence-corrected chi connectivity index (χ0v) is 21.2. The first-order valence-corrected chi connectivity index (χ1v) is 12.5. The first-order valence-electron chi connectivity index (χ1n) is 12.5. The molecule has 4 rings (SSSR count). The molecule has 0 radical (unpaired) electrons. The van der Waals surface area contributed by atoms with Crippen LogP contribution in [0.2, 0.25) is 0 Å². The van der Waals surface area contributed by atoms with E-state index in [0.29, 0.717) is 6.61 Å². The van der Waals surface area contributed by atoms with E-state index in [2.05, 4.69) is 122 Å². The highest BCUT2D eigenvalue weighted by molar-refractivity contribution is 5.98. The highest BCUT2D eigenvalue weighted by Gasteiger charge is 2.13. The summed E-state index contributed by atoms with van der Waals surface area (Å²) in [6.45, 7) is 4.55. The molecule has 180 valence electrons. The maximum atomic E-state index is 6.08. The van der Waals surface area contributed by atoms with Crippen molar-refractivity contribution < 1.29 is 4.74 Å². The van der Waals surface area contributed by atoms with Gasteiger partial charge in [0.2, 0.25) is 0 Å². The molecule has 0 N–H and O–H groups in total. The minimum atomic E-state index is 0.629. The van der Waals surface area contributed by atoms with Gasteiger partial charge in [-0.1, -0.05) is 97.8 Å². The molecule has 0 unspecified atom stereocenters. The molecule has 2 nitrogen and oxygen atoms in total. The van der Waals surface area contributed by atoms with Crippen molar-refractivity contribution in [2.45, 2.75) is 19.9 Å². The standard InChI is InChI=1S/C34H33NO/c1-4-27-16-18-28(19-17-27)26-35(3)24-25-36-32-22-20-31(21-23-32)34(30-14-10-7-11-15-30)33(5-2)29-12-8-6-9-13-29/h1,6-23H,5,24-26H2,2-3H3/b34-33+. The number of rotatable bonds is 10. The van der Waals surface area contributed by atoms with Crippen LogP contribution in [0.25, 0.3) is 11.1 Å². The van der Waals surface area contributed by atoms with E-state index in [1.165, 1.54) is 33.4 Å². The third-order valence-corrected chi connectivity index (χ3v) is 6.30. The highest BCUT2D eigenvalue weighted by atomic mass is 16.5. The maximum absolute atomic E-state index is 6.08. The molecule has 4 aromatic rings. The van der Waals surface area contributed by atoms with E-state index in [0.717, 1.165) is 30.8 Å². The fourth-order valence-corrected chi connectivity index (χ4v) is 4.42. The molecule has 0 heterocycles. The number of terminal acetylenes is 1. The van der Waals surface area contributed by atoms with Crippen LogP contribution < -0.4 is 4.74 Å². The summed E-state index contributed by atoms with van der Waals surface area (Å²) in [5.41, 5.74) is 8.44. The van der Waals surface area contributed by atoms with Crippen LogP contribution in [-0.2, 0) is 6.54 Å². The molecule has 0 saturated carbocycles. The predicted octanol–water partition coefficient (Wildman–Crippen LogP) is 7.55. The van der Waals surface area contributed by atoms with Crippen molar-refractivity contribution in [1.29, 1.82) is 0 Å². The minimum Gasteiger partial charge on any atom is -0.492 e. The van der Waals surface area contributed by atoms with Gasteiger partial charge in [0.1, 0.15) is 12.4 Å². The Kier molecular flexibility index (Phi) is 8.76. The summed E-state index contributed by atoms with van der Waals surface area (Å²) in [4.78, 5) is 2.25. The molecule has 0 atom stereocenters. The molecule has 0 aliphatic rings. The van der Waals surface area contributed by atoms with Gasteiger partial charge in [0.25, 0.3) is 0 Å². The summed E-state index contributed by atoms with van der Waals surface area (Å²) < 4.78 is 6.08. The number of hydrogen-bond acceptors (Lipinski definition) is 2. The van der Waals surface area contributed by atoms with Gasteiger partial charge in [-0.15, -0.1) is 6.42 Å². The van der Waals surface area contributed by atoms with E-state index < -0.39 is 0 Å². The molecule has 0 aliphatic carbocycles. The molecule has 0 amide bonds. The van der Waals surface area contributed by atoms with Gasteiger partial charge in [-0.25, -0.2) is 0 Å². The predicted molar refractivity (Wildman–Crippen MR) is 152 cm³/mol. The van der Waals surface area contributed by atoms with Gasteiger partial charge in [-0.2, -0.15) is 0 Å². The summed E-state index contributed by atoms with van der Waals surface area (Å²) in [6, 6.07) is 38.0. The molecule has 36 heavy (non-hydrogen) atoms. The molecular weight excluding hydrogens is 438 g/mol. The molecular formula is C34H33NO. The van der Waals surface area contributed by atoms with E-state index in [4.69, 9.17) is 11.2 Å². The molecule has 4 aromatic carbocycles. The topological polar surface area (TPSA) is 12.5 Å². The second kappa shape index (κ2) is 12.6. The Labute approximate surface area is 215 Å². The van der Waals surface area contributed by atoms with Gasteiger partial charge in [0, 0.05) is 18.7 Å². The number of benzene rings is 4. The molecule has 0 aliphatic heterocycles. The number of allylic oxidation sites excluding steroid dienone is 1. The van der Waals surface area contributed by atoms with Crippen LogP contribution >= 0.6 is 0 Å². The summed E-state index contributed by atoms with van der Waals surface area (Å²) in [5, 5.41) is 0. The molecule has 0 aromatic heterocycles. The Hall–Kier alpha value is -4.06. The van der Waals surface area contributed by atoms with Crippen LogP contribution in [0.15, 0.2) is 109 Å². The fraction of sp³-hybridized carbons (Fsp3) is 0.176. The van der Waals surface area contributed by atoms with Crippen LogP contribution in [0, 0.1) is 12.3 Å². The van der Waals surface area contributed by atoms with Crippen LogP contribution in [0.5, 0.6) is 5.75 Å². The summed E-state index contributed by atoms with van der Waals surface area (Å²) in [5.74, 6) is 3.55. The van der Waals surface area contributed by atoms with Gasteiger partial charge in [-0.05, 0) is 71.1 Å². The van der Waals surface area contributed by atoms with Gasteiger partial charge in [0.05, 0.1) is 0 Å². The Morgan fingerprint density at radius 2 is 1.33 bits per heavy atom. The lowest BCUT2D eigenvalue weighted by Gasteiger charge is -2.18. The lowest BCUT2D eigenvalue weighted by Crippen LogP contribution is -2.23. The van der Waals surface area contributed by atoms with Gasteiger partial charge >= 0.3 is 0 Å². The smallest absolute Gasteiger partial charge is 0.119 e. The molecule has 0 bridgehead atoms. The zero-order valence-electron chi connectivity index (χ0n) is 21.2. The first kappa shape index (κ1) is 25.0. The van der Waals surface area contributed by atoms with Gasteiger partial charge in [-0.3, -0.25) is 4.90 Å². The lowest BCUT2D eigenvalue weighted by atomic mass is 9.88. The maximum Gasteiger partial charge on any atom is 0.119 e. The summed E-state index contributed by atoms with van der Waals surface area (Å²) >= 11 is 0. The monoisotopic (exact) mass is 471 g/mol. The van der Waals surface area contributed by atoms with Gasteiger partial charge < -0.3 is 4.74 Å². The Morgan fingerprint density at radius 1 is 0.750 bits per heavy atom. The number of likely N-dealkylation sites (N-methyl/N-ethyl adjacent to an activating group) is 1. The molecule has 0 saturated heterocycles. The number of ether oxygens (including phenoxy) is 1. The molecule has 0 spiro atoms. The van der Waals surface area contributed by atoms with Gasteiger partial charge in [0.15, 0.2) is 0 Å². The van der Waals surface area contributed by atoms with Crippen molar-refractivity contribution >= 4 is 11.1 Å². The average molecular weight is 472 g/mol. The second-order valence-corrected chi connectivity index (χ2v) is 8.89. The first-order chi connectivity index (χ1) is 17.7. The SMILES string of the molecule is C#Cc1ccc(CN(C)CCOc2ccc(/C(=C(\CC)c3ccccc3)c3ccccc3)cc2)cc1. The number of hydrogen-bond donors (Lipinski definition) is 0. The van der Waals surface area contributed by atoms with Crippen LogP contribution in [0.4, 0.5) is 0 Å². The third-order valence-electron chi connectivity index (χ3n) is 6.30. The van der Waals surface area contributed by atoms with Crippen molar-refractivity contribution in [2.24, 2.45) is 0 Å². The van der Waals surface area contributed by atoms with Crippen LogP contribution in [0.1, 0.15) is 41.2 Å². The Bertz CT molecular complexity index is 1300. The van der Waals surface area contributed by atoms with Crippen molar-refractivity contribution in [2.75, 3.05) is 20.2 Å². The van der Waals surface area contributed by atoms with E-state index in [1.54, 1.807) is 0 Å². The van der Waals surface area contributed by atoms with Crippen molar-refractivity contribution in [3.8, 4) is 18.1 Å². The molecule has 2 heteroatoms. The van der Waals surface area contributed by atoms with Crippen molar-refractivity contribution in [1.82, 2.24) is 4.90 Å². The lowest BCUT2D eigenvalue weighted by molar-refractivity contribution is 0.233. The number of nitrogens with zero attached hydrogens (tertiary/aromatic N) is 1. The quantitative estimate of drug-likeness (QED) is 0.175. The van der Waals surface area contributed by atoms with E-state index in [-0.39, 0.29) is 0 Å². The minimum absolute atomic E-state index is 0.629. The third kappa shape index (κ3) is 6.54. The van der Waals surface area contributed by atoms with E-state index in [9.17, 15) is 0 Å². The summed E-state index contributed by atoms with van der Waals surface area (Å²) in [6.07, 6.45) is 6.40. The van der Waals surface area contributed by atoms with Crippen LogP contribution in [-0.4, -0.2) is 25.1 Å². The Balaban J connectivity index is 1.45. The van der Waals surface area contributed by atoms with Crippen molar-refractivity contribution in [3.63, 3.8) is 0 Å². The average Bonchev–Trinajstić information content (AvgIpc) is 2.93. The van der Waals surface area contributed by atoms with E-state index in [1.807, 2.05) is 12.1 Å². The largest absolute Gasteiger partial charge is 0.492 e. The van der Waals surface area contributed by atoms with Crippen LogP contribution in [0.3, 0.4) is 0 Å². The molecule has 0 fully saturated rings. The van der Waals surface area contributed by atoms with Crippen molar-refractivity contribution in [3.05, 3.63) is 137 Å².